The van der Waals surface area contributed by atoms with Crippen LogP contribution in [0.2, 0.25) is 0 Å². The Morgan fingerprint density at radius 3 is 2.09 bits per heavy atom. The molecule has 1 saturated carbocycles. The van der Waals surface area contributed by atoms with Crippen molar-refractivity contribution in [3.8, 4) is 0 Å². The molecule has 0 aromatic heterocycles. The normalized spacial score (nSPS) is 18.8. The van der Waals surface area contributed by atoms with Crippen LogP contribution in [0.5, 0.6) is 0 Å². The monoisotopic (exact) mass is 328 g/mol. The Kier molecular flexibility index (Phi) is 7.54. The predicted octanol–water partition coefficient (Wildman–Crippen LogP) is -2.03. The second kappa shape index (κ2) is 8.90. The van der Waals surface area contributed by atoms with Gasteiger partial charge < -0.3 is 20.0 Å². The van der Waals surface area contributed by atoms with E-state index in [1.807, 2.05) is 0 Å². The molecule has 1 fully saturated rings. The standard InChI is InChI=1S/C15H18N2O5.Na/c1-2-22-15(21)17-12-5-3-11(4-6-12)16-13(18)9-7-10(8-9)14(19)20;/h3-6,9-10H,2,7-8H2,1H3,(H,16,18)(H,17,21)(H,19,20);/q;+1/p-1. The molecule has 2 amide bonds. The zero-order valence-electron chi connectivity index (χ0n) is 13.1. The van der Waals surface area contributed by atoms with Gasteiger partial charge in [0.05, 0.1) is 6.61 Å². The van der Waals surface area contributed by atoms with E-state index in [1.54, 1.807) is 31.2 Å². The van der Waals surface area contributed by atoms with Crippen molar-refractivity contribution in [2.45, 2.75) is 19.8 Å². The first-order valence-electron chi connectivity index (χ1n) is 7.05. The predicted molar refractivity (Wildman–Crippen MR) is 76.9 cm³/mol. The Hall–Kier alpha value is -1.57. The first-order chi connectivity index (χ1) is 10.5. The maximum absolute atomic E-state index is 11.9. The summed E-state index contributed by atoms with van der Waals surface area (Å²) in [6.07, 6.45) is 0.0925. The first-order valence-corrected chi connectivity index (χ1v) is 7.05. The van der Waals surface area contributed by atoms with Crippen LogP contribution in [-0.4, -0.2) is 24.6 Å². The maximum atomic E-state index is 11.9. The molecule has 0 atom stereocenters. The number of anilines is 2. The molecule has 0 heterocycles. The van der Waals surface area contributed by atoms with Gasteiger partial charge in [0.2, 0.25) is 5.91 Å². The van der Waals surface area contributed by atoms with Crippen LogP contribution in [0.15, 0.2) is 24.3 Å². The van der Waals surface area contributed by atoms with E-state index in [-0.39, 0.29) is 48.0 Å². The summed E-state index contributed by atoms with van der Waals surface area (Å²) in [4.78, 5) is 33.7. The fourth-order valence-electron chi connectivity index (χ4n) is 2.19. The van der Waals surface area contributed by atoms with Crippen LogP contribution in [0, 0.1) is 11.8 Å². The first kappa shape index (κ1) is 19.5. The number of hydrogen-bond acceptors (Lipinski definition) is 5. The van der Waals surface area contributed by atoms with Gasteiger partial charge in [-0.3, -0.25) is 10.1 Å². The van der Waals surface area contributed by atoms with Gasteiger partial charge in [-0.15, -0.1) is 0 Å². The van der Waals surface area contributed by atoms with Gasteiger partial charge in [-0.25, -0.2) is 4.79 Å². The largest absolute Gasteiger partial charge is 1.00 e. The van der Waals surface area contributed by atoms with E-state index in [0.29, 0.717) is 24.2 Å². The van der Waals surface area contributed by atoms with Gasteiger partial charge in [-0.1, -0.05) is 0 Å². The van der Waals surface area contributed by atoms with E-state index in [4.69, 9.17) is 4.74 Å². The van der Waals surface area contributed by atoms with Crippen molar-refractivity contribution in [1.82, 2.24) is 0 Å². The molecule has 0 spiro atoms. The van der Waals surface area contributed by atoms with Gasteiger partial charge in [-0.2, -0.15) is 0 Å². The summed E-state index contributed by atoms with van der Waals surface area (Å²) >= 11 is 0. The molecule has 0 radical (unpaired) electrons. The van der Waals surface area contributed by atoms with Crippen LogP contribution >= 0.6 is 0 Å². The van der Waals surface area contributed by atoms with Gasteiger partial charge in [-0.05, 0) is 44.0 Å². The number of carbonyl (C=O) groups excluding carboxylic acids is 3. The molecular formula is C15H17N2NaO5. The zero-order chi connectivity index (χ0) is 16.1. The summed E-state index contributed by atoms with van der Waals surface area (Å²) in [6.45, 7) is 2.00. The molecule has 0 saturated heterocycles. The summed E-state index contributed by atoms with van der Waals surface area (Å²) in [5.74, 6) is -2.12. The van der Waals surface area contributed by atoms with Gasteiger partial charge in [0.25, 0.3) is 0 Å². The number of carboxylic acid groups (broad SMARTS) is 1. The van der Waals surface area contributed by atoms with Gasteiger partial charge in [0.1, 0.15) is 0 Å². The Bertz CT molecular complexity index is 570. The molecule has 2 rings (SSSR count). The van der Waals surface area contributed by atoms with E-state index in [0.717, 1.165) is 0 Å². The Balaban J connectivity index is 0.00000264. The number of aliphatic carboxylic acids is 1. The minimum atomic E-state index is -1.10. The van der Waals surface area contributed by atoms with E-state index < -0.39 is 18.0 Å². The average molecular weight is 328 g/mol. The number of carbonyl (C=O) groups is 3. The quantitative estimate of drug-likeness (QED) is 0.606. The zero-order valence-corrected chi connectivity index (χ0v) is 15.1. The van der Waals surface area contributed by atoms with Crippen molar-refractivity contribution >= 4 is 29.3 Å². The Morgan fingerprint density at radius 2 is 1.61 bits per heavy atom. The third-order valence-electron chi connectivity index (χ3n) is 3.52. The van der Waals surface area contributed by atoms with Gasteiger partial charge >= 0.3 is 35.7 Å². The van der Waals surface area contributed by atoms with Crippen molar-refractivity contribution in [3.63, 3.8) is 0 Å². The average Bonchev–Trinajstić information content (AvgIpc) is 2.39. The molecule has 0 bridgehead atoms. The number of rotatable bonds is 5. The third kappa shape index (κ3) is 5.53. The van der Waals surface area contributed by atoms with Crippen LogP contribution < -0.4 is 45.3 Å². The number of benzene rings is 1. The van der Waals surface area contributed by atoms with Crippen molar-refractivity contribution in [1.29, 1.82) is 0 Å². The van der Waals surface area contributed by atoms with Crippen molar-refractivity contribution in [3.05, 3.63) is 24.3 Å². The topological polar surface area (TPSA) is 108 Å². The number of ether oxygens (including phenoxy) is 1. The van der Waals surface area contributed by atoms with Crippen LogP contribution in [-0.2, 0) is 14.3 Å². The summed E-state index contributed by atoms with van der Waals surface area (Å²) in [6, 6.07) is 6.57. The smallest absolute Gasteiger partial charge is 0.550 e. The number of nitrogens with one attached hydrogen (secondary N) is 2. The second-order valence-electron chi connectivity index (χ2n) is 5.10. The number of carboxylic acids is 1. The summed E-state index contributed by atoms with van der Waals surface area (Å²) in [5, 5.41) is 15.8. The summed E-state index contributed by atoms with van der Waals surface area (Å²) < 4.78 is 4.75. The van der Waals surface area contributed by atoms with E-state index >= 15 is 0 Å². The van der Waals surface area contributed by atoms with Crippen LogP contribution in [0.3, 0.4) is 0 Å². The third-order valence-corrected chi connectivity index (χ3v) is 3.52. The number of amides is 2. The molecule has 1 aromatic carbocycles. The molecule has 2 N–H and O–H groups in total. The van der Waals surface area contributed by atoms with Crippen molar-refractivity contribution in [2.75, 3.05) is 17.2 Å². The minimum absolute atomic E-state index is 0. The Labute approximate surface area is 156 Å². The molecule has 1 aliphatic rings. The van der Waals surface area contributed by atoms with Gasteiger partial charge in [0.15, 0.2) is 0 Å². The van der Waals surface area contributed by atoms with E-state index in [9.17, 15) is 19.5 Å². The van der Waals surface area contributed by atoms with E-state index in [1.165, 1.54) is 0 Å². The fraction of sp³-hybridized carbons (Fsp3) is 0.400. The summed E-state index contributed by atoms with van der Waals surface area (Å²) in [7, 11) is 0. The maximum Gasteiger partial charge on any atom is 1.00 e. The van der Waals surface area contributed by atoms with Crippen LogP contribution in [0.25, 0.3) is 0 Å². The SMILES string of the molecule is CCOC(=O)Nc1ccc(NC(=O)C2CC(C(=O)[O-])C2)cc1.[Na+]. The molecule has 1 aromatic rings. The minimum Gasteiger partial charge on any atom is -0.550 e. The Morgan fingerprint density at radius 1 is 1.09 bits per heavy atom. The number of hydrogen-bond donors (Lipinski definition) is 2. The van der Waals surface area contributed by atoms with Crippen LogP contribution in [0.4, 0.5) is 16.2 Å². The van der Waals surface area contributed by atoms with Gasteiger partial charge in [0, 0.05) is 29.2 Å². The molecule has 7 nitrogen and oxygen atoms in total. The fourth-order valence-corrected chi connectivity index (χ4v) is 2.19. The molecule has 118 valence electrons. The molecule has 1 aliphatic carbocycles. The molecule has 23 heavy (non-hydrogen) atoms. The summed E-state index contributed by atoms with van der Waals surface area (Å²) in [5.41, 5.74) is 1.13. The van der Waals surface area contributed by atoms with Crippen LogP contribution in [0.1, 0.15) is 19.8 Å². The molecule has 0 aliphatic heterocycles. The van der Waals surface area contributed by atoms with Crippen molar-refractivity contribution in [2.24, 2.45) is 11.8 Å². The molecule has 0 unspecified atom stereocenters. The molecule has 8 heteroatoms. The van der Waals surface area contributed by atoms with Crippen molar-refractivity contribution < 1.29 is 53.8 Å². The van der Waals surface area contributed by atoms with E-state index in [2.05, 4.69) is 10.6 Å². The molecular weight excluding hydrogens is 311 g/mol. The second-order valence-corrected chi connectivity index (χ2v) is 5.10.